The maximum Gasteiger partial charge on any atom is 0.418 e. The van der Waals surface area contributed by atoms with Crippen molar-refractivity contribution in [1.82, 2.24) is 9.78 Å². The van der Waals surface area contributed by atoms with Crippen LogP contribution in [0.15, 0.2) is 97.1 Å². The van der Waals surface area contributed by atoms with Crippen molar-refractivity contribution in [2.24, 2.45) is 0 Å². The van der Waals surface area contributed by atoms with Crippen LogP contribution in [0, 0.1) is 0 Å². The van der Waals surface area contributed by atoms with Crippen molar-refractivity contribution >= 4 is 20.1 Å². The number of nitrogens with zero attached hydrogens (tertiary/aromatic N) is 2. The second kappa shape index (κ2) is 10.2. The molecule has 1 unspecified atom stereocenters. The summed E-state index contributed by atoms with van der Waals surface area (Å²) >= 11 is 0. The number of fused-ring (bicyclic) bond motifs is 1. The third kappa shape index (κ3) is 5.14. The molecule has 0 spiro atoms. The van der Waals surface area contributed by atoms with Gasteiger partial charge in [0.1, 0.15) is 17.9 Å². The van der Waals surface area contributed by atoms with Gasteiger partial charge in [-0.3, -0.25) is 4.68 Å². The highest BCUT2D eigenvalue weighted by molar-refractivity contribution is 7.15. The molecule has 0 radical (unpaired) electrons. The van der Waals surface area contributed by atoms with Gasteiger partial charge in [0.05, 0.1) is 17.8 Å². The Kier molecular flexibility index (Phi) is 6.80. The smallest absolute Gasteiger partial charge is 0.418 e. The first-order chi connectivity index (χ1) is 17.4. The Hall–Kier alpha value is -3.63. The molecular formula is C29H24F3N2OP. The van der Waals surface area contributed by atoms with E-state index in [0.717, 1.165) is 28.9 Å². The van der Waals surface area contributed by atoms with Gasteiger partial charge in [-0.2, -0.15) is 18.3 Å². The van der Waals surface area contributed by atoms with Gasteiger partial charge >= 0.3 is 6.18 Å². The first-order valence-electron chi connectivity index (χ1n) is 11.5. The fourth-order valence-electron chi connectivity index (χ4n) is 4.23. The maximum absolute atomic E-state index is 13.8. The molecule has 0 aliphatic rings. The van der Waals surface area contributed by atoms with Crippen LogP contribution in [0.1, 0.15) is 22.3 Å². The van der Waals surface area contributed by atoms with Crippen molar-refractivity contribution in [2.75, 3.05) is 0 Å². The average Bonchev–Trinajstić information content (AvgIpc) is 3.25. The summed E-state index contributed by atoms with van der Waals surface area (Å²) < 4.78 is 49.1. The van der Waals surface area contributed by atoms with Gasteiger partial charge in [0, 0.05) is 10.9 Å². The molecule has 0 aliphatic heterocycles. The lowest BCUT2D eigenvalue weighted by Gasteiger charge is -2.11. The Labute approximate surface area is 209 Å². The molecule has 3 nitrogen and oxygen atoms in total. The fourth-order valence-corrected chi connectivity index (χ4v) is 4.50. The lowest BCUT2D eigenvalue weighted by molar-refractivity contribution is -0.136. The van der Waals surface area contributed by atoms with Crippen LogP contribution in [0.4, 0.5) is 13.2 Å². The Morgan fingerprint density at radius 1 is 0.778 bits per heavy atom. The Bertz CT molecular complexity index is 1480. The first-order valence-corrected chi connectivity index (χ1v) is 12.4. The zero-order valence-electron chi connectivity index (χ0n) is 19.4. The molecule has 1 atom stereocenters. The van der Waals surface area contributed by atoms with Crippen LogP contribution in [-0.4, -0.2) is 9.78 Å². The predicted octanol–water partition coefficient (Wildman–Crippen LogP) is 7.72. The molecule has 36 heavy (non-hydrogen) atoms. The Balaban J connectivity index is 1.54. The van der Waals surface area contributed by atoms with Gasteiger partial charge in [-0.1, -0.05) is 78.9 Å². The normalized spacial score (nSPS) is 11.7. The van der Waals surface area contributed by atoms with Gasteiger partial charge in [-0.15, -0.1) is 9.24 Å². The van der Waals surface area contributed by atoms with Gasteiger partial charge < -0.3 is 4.74 Å². The summed E-state index contributed by atoms with van der Waals surface area (Å²) in [5.74, 6) is 0.634. The molecule has 182 valence electrons. The molecule has 0 aliphatic carbocycles. The molecule has 7 heteroatoms. The molecule has 0 amide bonds. The number of aromatic nitrogens is 2. The van der Waals surface area contributed by atoms with E-state index in [1.807, 2.05) is 66.7 Å². The largest absolute Gasteiger partial charge is 0.489 e. The summed E-state index contributed by atoms with van der Waals surface area (Å²) in [6, 6.07) is 29.4. The van der Waals surface area contributed by atoms with Crippen molar-refractivity contribution in [3.05, 3.63) is 119 Å². The molecule has 1 aromatic heterocycles. The van der Waals surface area contributed by atoms with E-state index in [-0.39, 0.29) is 5.52 Å². The second-order valence-corrected chi connectivity index (χ2v) is 8.94. The minimum absolute atomic E-state index is 0.0589. The quantitative estimate of drug-likeness (QED) is 0.212. The summed E-state index contributed by atoms with van der Waals surface area (Å²) in [6.45, 7) is 0.734. The number of alkyl halides is 3. The van der Waals surface area contributed by atoms with Gasteiger partial charge in [0.25, 0.3) is 0 Å². The van der Waals surface area contributed by atoms with Crippen molar-refractivity contribution < 1.29 is 17.9 Å². The highest BCUT2D eigenvalue weighted by Crippen LogP contribution is 2.38. The van der Waals surface area contributed by atoms with Crippen LogP contribution in [0.25, 0.3) is 22.2 Å². The maximum atomic E-state index is 13.8. The van der Waals surface area contributed by atoms with E-state index in [0.29, 0.717) is 30.0 Å². The van der Waals surface area contributed by atoms with Crippen LogP contribution in [0.5, 0.6) is 5.75 Å². The average molecular weight is 504 g/mol. The molecule has 5 rings (SSSR count). The van der Waals surface area contributed by atoms with Crippen molar-refractivity contribution in [3.8, 4) is 17.0 Å². The number of halogens is 3. The molecule has 0 N–H and O–H groups in total. The minimum Gasteiger partial charge on any atom is -0.489 e. The zero-order chi connectivity index (χ0) is 25.1. The Morgan fingerprint density at radius 2 is 1.50 bits per heavy atom. The summed E-state index contributed by atoms with van der Waals surface area (Å²) in [5.41, 5.74) is 3.77. The van der Waals surface area contributed by atoms with Crippen molar-refractivity contribution in [2.45, 2.75) is 25.5 Å². The molecule has 0 saturated heterocycles. The molecule has 4 aromatic carbocycles. The first kappa shape index (κ1) is 24.1. The topological polar surface area (TPSA) is 27.1 Å². The molecule has 0 bridgehead atoms. The third-order valence-corrected chi connectivity index (χ3v) is 6.49. The highest BCUT2D eigenvalue weighted by Gasteiger charge is 2.34. The van der Waals surface area contributed by atoms with Crippen LogP contribution in [-0.2, 0) is 25.5 Å². The number of ether oxygens (including phenoxy) is 1. The van der Waals surface area contributed by atoms with Crippen LogP contribution < -0.4 is 4.74 Å². The van der Waals surface area contributed by atoms with Gasteiger partial charge in [0.15, 0.2) is 0 Å². The number of benzene rings is 4. The van der Waals surface area contributed by atoms with E-state index in [2.05, 4.69) is 26.5 Å². The molecule has 5 aromatic rings. The van der Waals surface area contributed by atoms with E-state index in [4.69, 9.17) is 4.74 Å². The Morgan fingerprint density at radius 3 is 2.22 bits per heavy atom. The van der Waals surface area contributed by atoms with E-state index >= 15 is 0 Å². The van der Waals surface area contributed by atoms with E-state index in [1.165, 1.54) is 11.6 Å². The summed E-state index contributed by atoms with van der Waals surface area (Å²) in [6.07, 6.45) is -3.61. The zero-order valence-corrected chi connectivity index (χ0v) is 20.5. The lowest BCUT2D eigenvalue weighted by Crippen LogP contribution is -2.06. The molecule has 1 heterocycles. The van der Waals surface area contributed by atoms with Crippen LogP contribution in [0.2, 0.25) is 0 Å². The van der Waals surface area contributed by atoms with Crippen LogP contribution in [0.3, 0.4) is 0 Å². The van der Waals surface area contributed by atoms with Crippen molar-refractivity contribution in [3.63, 3.8) is 0 Å². The highest BCUT2D eigenvalue weighted by atomic mass is 31.0. The summed E-state index contributed by atoms with van der Waals surface area (Å²) in [7, 11) is 2.70. The number of hydrogen-bond donors (Lipinski definition) is 0. The number of rotatable bonds is 7. The van der Waals surface area contributed by atoms with Gasteiger partial charge in [0.2, 0.25) is 0 Å². The monoisotopic (exact) mass is 504 g/mol. The summed E-state index contributed by atoms with van der Waals surface area (Å²) in [5, 5.41) is 4.89. The van der Waals surface area contributed by atoms with Crippen molar-refractivity contribution in [1.29, 1.82) is 0 Å². The van der Waals surface area contributed by atoms with Gasteiger partial charge in [-0.05, 0) is 41.1 Å². The number of hydrogen-bond acceptors (Lipinski definition) is 2. The van der Waals surface area contributed by atoms with E-state index < -0.39 is 11.7 Å². The SMILES string of the molecule is FC(F)(F)c1cccc2c(-c3cccc(OCc4ccc(CP)cc4)c3)n(Cc3ccccc3)nc12. The lowest BCUT2D eigenvalue weighted by atomic mass is 10.0. The van der Waals surface area contributed by atoms with E-state index in [1.54, 1.807) is 10.7 Å². The van der Waals surface area contributed by atoms with Gasteiger partial charge in [-0.25, -0.2) is 0 Å². The third-order valence-electron chi connectivity index (χ3n) is 6.02. The molecular weight excluding hydrogens is 480 g/mol. The van der Waals surface area contributed by atoms with Crippen LogP contribution >= 0.6 is 9.24 Å². The summed E-state index contributed by atoms with van der Waals surface area (Å²) in [4.78, 5) is 0. The minimum atomic E-state index is -4.50. The molecule has 0 fully saturated rings. The second-order valence-electron chi connectivity index (χ2n) is 8.53. The van der Waals surface area contributed by atoms with E-state index in [9.17, 15) is 13.2 Å². The fraction of sp³-hybridized carbons (Fsp3) is 0.138. The molecule has 0 saturated carbocycles. The standard InChI is InChI=1S/C29H24F3N2OP/c30-29(31,32)26-11-5-10-25-27(26)33-34(17-20-6-2-1-3-7-20)28(25)23-8-4-9-24(16-23)35-18-21-12-14-22(19-36)15-13-21/h1-16H,17-19,36H2. The predicted molar refractivity (Wildman–Crippen MR) is 140 cm³/mol.